The highest BCUT2D eigenvalue weighted by Gasteiger charge is 2.26. The van der Waals surface area contributed by atoms with E-state index in [0.717, 1.165) is 19.1 Å². The molecule has 0 bridgehead atoms. The van der Waals surface area contributed by atoms with Crippen LogP contribution in [0.5, 0.6) is 0 Å². The third kappa shape index (κ3) is 3.16. The van der Waals surface area contributed by atoms with Gasteiger partial charge in [0.1, 0.15) is 0 Å². The maximum atomic E-state index is 5.67. The molecule has 88 valence electrons. The molecular weight excluding hydrogens is 188 g/mol. The number of rotatable bonds is 2. The summed E-state index contributed by atoms with van der Waals surface area (Å²) in [6.45, 7) is 10.2. The molecule has 3 unspecified atom stereocenters. The fourth-order valence-electron chi connectivity index (χ4n) is 2.74. The minimum Gasteiger partial charge on any atom is -0.377 e. The van der Waals surface area contributed by atoms with Gasteiger partial charge in [-0.15, -0.1) is 0 Å². The van der Waals surface area contributed by atoms with Crippen LogP contribution in [0.2, 0.25) is 0 Å². The smallest absolute Gasteiger partial charge is 0.0673 e. The van der Waals surface area contributed by atoms with Gasteiger partial charge in [-0.1, -0.05) is 0 Å². The zero-order valence-electron chi connectivity index (χ0n) is 10.0. The predicted octanol–water partition coefficient (Wildman–Crippen LogP) is 1.10. The van der Waals surface area contributed by atoms with Crippen LogP contribution in [0.3, 0.4) is 0 Å². The van der Waals surface area contributed by atoms with Gasteiger partial charge in [0.2, 0.25) is 0 Å². The van der Waals surface area contributed by atoms with Crippen molar-refractivity contribution in [3.63, 3.8) is 0 Å². The van der Waals surface area contributed by atoms with Gasteiger partial charge in [0, 0.05) is 32.3 Å². The average Bonchev–Trinajstić information content (AvgIpc) is 2.48. The molecule has 3 nitrogen and oxygen atoms in total. The molecule has 15 heavy (non-hydrogen) atoms. The van der Waals surface area contributed by atoms with E-state index >= 15 is 0 Å². The van der Waals surface area contributed by atoms with Gasteiger partial charge in [0.05, 0.1) is 6.10 Å². The van der Waals surface area contributed by atoms with Crippen molar-refractivity contribution in [2.24, 2.45) is 5.92 Å². The highest BCUT2D eigenvalue weighted by Crippen LogP contribution is 2.18. The molecule has 0 aromatic heterocycles. The van der Waals surface area contributed by atoms with Crippen LogP contribution in [-0.4, -0.2) is 49.8 Å². The lowest BCUT2D eigenvalue weighted by Gasteiger charge is -2.26. The molecule has 2 aliphatic rings. The number of ether oxygens (including phenoxy) is 1. The van der Waals surface area contributed by atoms with Gasteiger partial charge in [0.25, 0.3) is 0 Å². The normalized spacial score (nSPS) is 39.2. The molecule has 0 radical (unpaired) electrons. The first-order valence-corrected chi connectivity index (χ1v) is 6.33. The second-order valence-electron chi connectivity index (χ2n) is 5.09. The van der Waals surface area contributed by atoms with E-state index in [1.54, 1.807) is 0 Å². The Kier molecular flexibility index (Phi) is 4.00. The van der Waals surface area contributed by atoms with Gasteiger partial charge in [-0.05, 0) is 39.2 Å². The molecule has 0 spiro atoms. The Morgan fingerprint density at radius 1 is 1.40 bits per heavy atom. The molecule has 2 aliphatic heterocycles. The summed E-state index contributed by atoms with van der Waals surface area (Å²) in [6.07, 6.45) is 2.95. The SMILES string of the molecule is CC1CN(CC2CCNC2C)CCCO1. The van der Waals surface area contributed by atoms with Crippen molar-refractivity contribution in [2.75, 3.05) is 32.8 Å². The Bertz CT molecular complexity index is 198. The molecule has 0 aromatic rings. The van der Waals surface area contributed by atoms with E-state index < -0.39 is 0 Å². The minimum atomic E-state index is 0.414. The molecule has 0 aromatic carbocycles. The van der Waals surface area contributed by atoms with E-state index in [1.807, 2.05) is 0 Å². The summed E-state index contributed by atoms with van der Waals surface area (Å²) in [5.74, 6) is 0.843. The first-order chi connectivity index (χ1) is 7.25. The monoisotopic (exact) mass is 212 g/mol. The Hall–Kier alpha value is -0.120. The topological polar surface area (TPSA) is 24.5 Å². The first-order valence-electron chi connectivity index (χ1n) is 6.33. The predicted molar refractivity (Wildman–Crippen MR) is 62.0 cm³/mol. The third-order valence-electron chi connectivity index (χ3n) is 3.72. The second kappa shape index (κ2) is 5.28. The van der Waals surface area contributed by atoms with E-state index in [-0.39, 0.29) is 0 Å². The van der Waals surface area contributed by atoms with E-state index in [1.165, 1.54) is 32.5 Å². The first kappa shape index (κ1) is 11.4. The average molecular weight is 212 g/mol. The summed E-state index contributed by atoms with van der Waals surface area (Å²) >= 11 is 0. The van der Waals surface area contributed by atoms with Gasteiger partial charge in [-0.3, -0.25) is 0 Å². The van der Waals surface area contributed by atoms with Gasteiger partial charge in [0.15, 0.2) is 0 Å². The van der Waals surface area contributed by atoms with Crippen molar-refractivity contribution in [1.82, 2.24) is 10.2 Å². The highest BCUT2D eigenvalue weighted by atomic mass is 16.5. The second-order valence-corrected chi connectivity index (χ2v) is 5.09. The number of nitrogens with zero attached hydrogens (tertiary/aromatic N) is 1. The van der Waals surface area contributed by atoms with Crippen molar-refractivity contribution in [3.05, 3.63) is 0 Å². The van der Waals surface area contributed by atoms with Crippen molar-refractivity contribution < 1.29 is 4.74 Å². The molecule has 2 rings (SSSR count). The Morgan fingerprint density at radius 2 is 2.27 bits per heavy atom. The lowest BCUT2D eigenvalue weighted by Crippen LogP contribution is -2.37. The van der Waals surface area contributed by atoms with Crippen LogP contribution in [0.4, 0.5) is 0 Å². The summed E-state index contributed by atoms with van der Waals surface area (Å²) in [4.78, 5) is 2.59. The molecular formula is C12H24N2O. The summed E-state index contributed by atoms with van der Waals surface area (Å²) in [5.41, 5.74) is 0. The van der Waals surface area contributed by atoms with Crippen LogP contribution in [-0.2, 0) is 4.74 Å². The summed E-state index contributed by atoms with van der Waals surface area (Å²) < 4.78 is 5.67. The van der Waals surface area contributed by atoms with Crippen molar-refractivity contribution >= 4 is 0 Å². The molecule has 2 saturated heterocycles. The molecule has 3 atom stereocenters. The van der Waals surface area contributed by atoms with Gasteiger partial charge >= 0.3 is 0 Å². The van der Waals surface area contributed by atoms with Crippen LogP contribution in [0.25, 0.3) is 0 Å². The highest BCUT2D eigenvalue weighted by molar-refractivity contribution is 4.83. The molecule has 3 heteroatoms. The van der Waals surface area contributed by atoms with Crippen LogP contribution in [0, 0.1) is 5.92 Å². The number of hydrogen-bond acceptors (Lipinski definition) is 3. The zero-order valence-corrected chi connectivity index (χ0v) is 10.0. The van der Waals surface area contributed by atoms with Gasteiger partial charge < -0.3 is 15.0 Å². The summed E-state index contributed by atoms with van der Waals surface area (Å²) in [6, 6.07) is 0.699. The fraction of sp³-hybridized carbons (Fsp3) is 1.00. The van der Waals surface area contributed by atoms with E-state index in [4.69, 9.17) is 4.74 Å². The van der Waals surface area contributed by atoms with E-state index in [9.17, 15) is 0 Å². The zero-order chi connectivity index (χ0) is 10.7. The Labute approximate surface area is 93.2 Å². The van der Waals surface area contributed by atoms with Crippen LogP contribution in [0.1, 0.15) is 26.7 Å². The molecule has 0 saturated carbocycles. The van der Waals surface area contributed by atoms with Crippen LogP contribution >= 0.6 is 0 Å². The third-order valence-corrected chi connectivity index (χ3v) is 3.72. The van der Waals surface area contributed by atoms with E-state index in [0.29, 0.717) is 12.1 Å². The fourth-order valence-corrected chi connectivity index (χ4v) is 2.74. The number of hydrogen-bond donors (Lipinski definition) is 1. The molecule has 1 N–H and O–H groups in total. The van der Waals surface area contributed by atoms with E-state index in [2.05, 4.69) is 24.1 Å². The lowest BCUT2D eigenvalue weighted by atomic mass is 10.0. The lowest BCUT2D eigenvalue weighted by molar-refractivity contribution is 0.0653. The largest absolute Gasteiger partial charge is 0.377 e. The van der Waals surface area contributed by atoms with Gasteiger partial charge in [-0.2, -0.15) is 0 Å². The van der Waals surface area contributed by atoms with Crippen molar-refractivity contribution in [1.29, 1.82) is 0 Å². The van der Waals surface area contributed by atoms with Crippen molar-refractivity contribution in [3.8, 4) is 0 Å². The quantitative estimate of drug-likeness (QED) is 0.742. The Morgan fingerprint density at radius 3 is 3.00 bits per heavy atom. The molecule has 0 amide bonds. The minimum absolute atomic E-state index is 0.414. The van der Waals surface area contributed by atoms with Crippen LogP contribution in [0.15, 0.2) is 0 Å². The molecule has 2 fully saturated rings. The van der Waals surface area contributed by atoms with Gasteiger partial charge in [-0.25, -0.2) is 0 Å². The maximum Gasteiger partial charge on any atom is 0.0673 e. The molecule has 2 heterocycles. The standard InChI is InChI=1S/C12H24N2O/c1-10-8-14(6-3-7-15-10)9-12-4-5-13-11(12)2/h10-13H,3-9H2,1-2H3. The van der Waals surface area contributed by atoms with Crippen molar-refractivity contribution in [2.45, 2.75) is 38.8 Å². The summed E-state index contributed by atoms with van der Waals surface area (Å²) in [7, 11) is 0. The number of nitrogens with one attached hydrogen (secondary N) is 1. The molecule has 0 aliphatic carbocycles. The summed E-state index contributed by atoms with van der Waals surface area (Å²) in [5, 5.41) is 3.53. The maximum absolute atomic E-state index is 5.67. The van der Waals surface area contributed by atoms with Crippen LogP contribution < -0.4 is 5.32 Å². The Balaban J connectivity index is 1.81.